The Hall–Kier alpha value is -1.43. The van der Waals surface area contributed by atoms with Gasteiger partial charge in [-0.2, -0.15) is 0 Å². The maximum Gasteiger partial charge on any atom is 0.0931 e. The molecule has 0 spiro atoms. The second-order valence-corrected chi connectivity index (χ2v) is 8.95. The number of aromatic nitrogens is 2. The van der Waals surface area contributed by atoms with E-state index in [4.69, 9.17) is 9.47 Å². The molecule has 0 radical (unpaired) electrons. The van der Waals surface area contributed by atoms with Crippen LogP contribution >= 0.6 is 0 Å². The van der Waals surface area contributed by atoms with Gasteiger partial charge < -0.3 is 14.5 Å². The van der Waals surface area contributed by atoms with Crippen LogP contribution in [0, 0.1) is 17.3 Å². The largest absolute Gasteiger partial charge is 0.378 e. The summed E-state index contributed by atoms with van der Waals surface area (Å²) in [6, 6.07) is 6.56. The fourth-order valence-corrected chi connectivity index (χ4v) is 5.51. The number of hydrogen-bond donors (Lipinski definition) is 1. The van der Waals surface area contributed by atoms with Crippen LogP contribution in [0.2, 0.25) is 0 Å². The summed E-state index contributed by atoms with van der Waals surface area (Å²) in [6.45, 7) is 6.12. The lowest BCUT2D eigenvalue weighted by Gasteiger charge is -2.35. The summed E-state index contributed by atoms with van der Waals surface area (Å²) in [7, 11) is 0. The average Bonchev–Trinajstić information content (AvgIpc) is 3.09. The Morgan fingerprint density at radius 1 is 1.28 bits per heavy atom. The molecule has 7 rings (SSSR count). The van der Waals surface area contributed by atoms with Gasteiger partial charge in [-0.05, 0) is 48.8 Å². The summed E-state index contributed by atoms with van der Waals surface area (Å²) in [5.41, 5.74) is 4.08. The zero-order valence-corrected chi connectivity index (χ0v) is 14.5. The molecule has 2 unspecified atom stereocenters. The van der Waals surface area contributed by atoms with Crippen molar-refractivity contribution in [2.45, 2.75) is 31.4 Å². The Morgan fingerprint density at radius 3 is 3.12 bits per heavy atom. The van der Waals surface area contributed by atoms with Gasteiger partial charge >= 0.3 is 0 Å². The highest BCUT2D eigenvalue weighted by Crippen LogP contribution is 2.58. The molecule has 3 saturated heterocycles. The van der Waals surface area contributed by atoms with Crippen molar-refractivity contribution in [1.82, 2.24) is 14.9 Å². The molecule has 132 valence electrons. The van der Waals surface area contributed by atoms with E-state index in [9.17, 15) is 0 Å². The van der Waals surface area contributed by atoms with Gasteiger partial charge in [0.05, 0.1) is 42.8 Å². The van der Waals surface area contributed by atoms with Crippen LogP contribution in [0.25, 0.3) is 11.0 Å². The molecule has 2 aromatic rings. The quantitative estimate of drug-likeness (QED) is 0.879. The minimum absolute atomic E-state index is 0.101. The van der Waals surface area contributed by atoms with Crippen molar-refractivity contribution < 1.29 is 9.47 Å². The first-order chi connectivity index (χ1) is 12.2. The van der Waals surface area contributed by atoms with Crippen molar-refractivity contribution in [3.05, 3.63) is 30.1 Å². The first-order valence-electron chi connectivity index (χ1n) is 9.58. The number of piperidine rings is 1. The third-order valence-corrected chi connectivity index (χ3v) is 6.97. The van der Waals surface area contributed by atoms with Crippen LogP contribution in [0.5, 0.6) is 0 Å². The summed E-state index contributed by atoms with van der Waals surface area (Å²) in [5.74, 6) is 1.66. The van der Waals surface area contributed by atoms with E-state index in [1.807, 2.05) is 0 Å². The van der Waals surface area contributed by atoms with Gasteiger partial charge in [-0.1, -0.05) is 6.07 Å². The van der Waals surface area contributed by atoms with E-state index in [0.717, 1.165) is 49.2 Å². The van der Waals surface area contributed by atoms with E-state index in [1.165, 1.54) is 37.9 Å². The normalized spacial score (nSPS) is 38.9. The van der Waals surface area contributed by atoms with Crippen LogP contribution in [0.1, 0.15) is 24.8 Å². The maximum absolute atomic E-state index is 6.17. The number of benzene rings is 1. The third-order valence-electron chi connectivity index (χ3n) is 6.97. The van der Waals surface area contributed by atoms with E-state index in [2.05, 4.69) is 33.1 Å². The molecule has 4 heterocycles. The zero-order chi connectivity index (χ0) is 16.5. The Labute approximate surface area is 147 Å². The number of nitrogens with zero attached hydrogens (tertiary/aromatic N) is 2. The average molecular weight is 339 g/mol. The lowest BCUT2D eigenvalue weighted by molar-refractivity contribution is -0.0786. The molecule has 2 saturated carbocycles. The maximum atomic E-state index is 6.17. The lowest BCUT2D eigenvalue weighted by Crippen LogP contribution is -2.41. The number of imidazole rings is 1. The number of nitrogens with one attached hydrogen (secondary N) is 1. The van der Waals surface area contributed by atoms with Gasteiger partial charge in [0, 0.05) is 25.0 Å². The van der Waals surface area contributed by atoms with Gasteiger partial charge in [0.2, 0.25) is 0 Å². The summed E-state index contributed by atoms with van der Waals surface area (Å²) < 4.78 is 12.1. The number of rotatable bonds is 6. The second kappa shape index (κ2) is 5.06. The molecule has 2 bridgehead atoms. The number of ether oxygens (including phenoxy) is 2. The fraction of sp³-hybridized carbons (Fsp3) is 0.650. The van der Waals surface area contributed by atoms with Crippen molar-refractivity contribution in [3.63, 3.8) is 0 Å². The van der Waals surface area contributed by atoms with E-state index >= 15 is 0 Å². The van der Waals surface area contributed by atoms with Crippen molar-refractivity contribution in [1.29, 1.82) is 0 Å². The monoisotopic (exact) mass is 339 g/mol. The van der Waals surface area contributed by atoms with Gasteiger partial charge in [0.15, 0.2) is 0 Å². The molecule has 1 aromatic heterocycles. The summed E-state index contributed by atoms with van der Waals surface area (Å²) in [4.78, 5) is 10.1. The molecule has 3 aliphatic heterocycles. The van der Waals surface area contributed by atoms with E-state index < -0.39 is 0 Å². The highest BCUT2D eigenvalue weighted by Gasteiger charge is 2.60. The first-order valence-corrected chi connectivity index (χ1v) is 9.58. The summed E-state index contributed by atoms with van der Waals surface area (Å²) >= 11 is 0. The van der Waals surface area contributed by atoms with Crippen molar-refractivity contribution in [2.24, 2.45) is 17.3 Å². The highest BCUT2D eigenvalue weighted by molar-refractivity contribution is 5.75. The molecule has 5 heteroatoms. The molecular formula is C20H25N3O2. The molecule has 2 aliphatic carbocycles. The third kappa shape index (κ3) is 2.36. The predicted molar refractivity (Wildman–Crippen MR) is 94.1 cm³/mol. The predicted octanol–water partition coefficient (Wildman–Crippen LogP) is 2.58. The second-order valence-electron chi connectivity index (χ2n) is 8.95. The van der Waals surface area contributed by atoms with Crippen molar-refractivity contribution in [2.75, 3.05) is 32.9 Å². The smallest absolute Gasteiger partial charge is 0.0931 e. The van der Waals surface area contributed by atoms with Gasteiger partial charge in [0.1, 0.15) is 0 Å². The Kier molecular flexibility index (Phi) is 2.98. The Morgan fingerprint density at radius 2 is 2.24 bits per heavy atom. The SMILES string of the molecule is c1nc2ccc(CN3CC4CC4(COCC45CC(CO4)C5)C3)cc2[nH]1. The number of H-pyrrole nitrogens is 1. The van der Waals surface area contributed by atoms with Crippen LogP contribution < -0.4 is 0 Å². The number of fused-ring (bicyclic) bond motifs is 3. The molecular weight excluding hydrogens is 314 g/mol. The summed E-state index contributed by atoms with van der Waals surface area (Å²) in [5, 5.41) is 0. The van der Waals surface area contributed by atoms with Gasteiger partial charge in [-0.3, -0.25) is 4.90 Å². The molecule has 1 aromatic carbocycles. The number of hydrogen-bond acceptors (Lipinski definition) is 4. The zero-order valence-electron chi connectivity index (χ0n) is 14.5. The number of aromatic amines is 1. The fourth-order valence-electron chi connectivity index (χ4n) is 5.51. The topological polar surface area (TPSA) is 50.4 Å². The molecule has 5 fully saturated rings. The van der Waals surface area contributed by atoms with Crippen LogP contribution in [0.3, 0.4) is 0 Å². The molecule has 0 amide bonds. The lowest BCUT2D eigenvalue weighted by atomic mass is 9.75. The van der Waals surface area contributed by atoms with Crippen LogP contribution in [0.4, 0.5) is 0 Å². The standard InChI is InChI=1S/C20H25N3O2/c1-2-17-18(22-13-21-17)3-14(1)7-23-8-16-6-19(16,10-23)11-24-12-20-4-15(5-20)9-25-20/h1-3,13,15-16H,4-12H2,(H,21,22). The minimum Gasteiger partial charge on any atom is -0.378 e. The minimum atomic E-state index is 0.101. The van der Waals surface area contributed by atoms with Gasteiger partial charge in [-0.25, -0.2) is 4.98 Å². The van der Waals surface area contributed by atoms with Crippen LogP contribution in [-0.2, 0) is 16.0 Å². The van der Waals surface area contributed by atoms with Gasteiger partial charge in [0.25, 0.3) is 0 Å². The molecule has 25 heavy (non-hydrogen) atoms. The van der Waals surface area contributed by atoms with E-state index in [1.54, 1.807) is 6.33 Å². The van der Waals surface area contributed by atoms with Crippen molar-refractivity contribution in [3.8, 4) is 0 Å². The van der Waals surface area contributed by atoms with Gasteiger partial charge in [-0.15, -0.1) is 0 Å². The molecule has 5 aliphatic rings. The van der Waals surface area contributed by atoms with Crippen molar-refractivity contribution >= 4 is 11.0 Å². The molecule has 5 nitrogen and oxygen atoms in total. The highest BCUT2D eigenvalue weighted by atomic mass is 16.6. The molecule has 2 atom stereocenters. The Bertz CT molecular complexity index is 807. The van der Waals surface area contributed by atoms with Crippen LogP contribution in [-0.4, -0.2) is 53.4 Å². The first kappa shape index (κ1) is 14.7. The summed E-state index contributed by atoms with van der Waals surface area (Å²) in [6.07, 6.45) is 5.57. The van der Waals surface area contributed by atoms with E-state index in [0.29, 0.717) is 5.41 Å². The van der Waals surface area contributed by atoms with E-state index in [-0.39, 0.29) is 5.60 Å². The number of likely N-dealkylation sites (tertiary alicyclic amines) is 1. The van der Waals surface area contributed by atoms with Crippen LogP contribution in [0.15, 0.2) is 24.5 Å². The Balaban J connectivity index is 1.05. The molecule has 1 N–H and O–H groups in total.